The van der Waals surface area contributed by atoms with Gasteiger partial charge in [-0.25, -0.2) is 4.39 Å². The van der Waals surface area contributed by atoms with Gasteiger partial charge >= 0.3 is 0 Å². The lowest BCUT2D eigenvalue weighted by atomic mass is 9.87. The number of hydrogen-bond acceptors (Lipinski definition) is 1. The van der Waals surface area contributed by atoms with Gasteiger partial charge in [0.05, 0.1) is 0 Å². The van der Waals surface area contributed by atoms with Crippen LogP contribution in [0.1, 0.15) is 31.2 Å². The molecule has 2 heteroatoms. The van der Waals surface area contributed by atoms with Crippen molar-refractivity contribution >= 4 is 11.9 Å². The molecule has 0 aromatic heterocycles. The van der Waals surface area contributed by atoms with Crippen LogP contribution in [-0.2, 0) is 4.79 Å². The zero-order valence-corrected chi connectivity index (χ0v) is 9.16. The Morgan fingerprint density at radius 2 is 2.06 bits per heavy atom. The van der Waals surface area contributed by atoms with E-state index < -0.39 is 0 Å². The van der Waals surface area contributed by atoms with Crippen LogP contribution in [0.3, 0.4) is 0 Å². The van der Waals surface area contributed by atoms with E-state index in [0.29, 0.717) is 12.8 Å². The second kappa shape index (κ2) is 5.06. The van der Waals surface area contributed by atoms with Crippen molar-refractivity contribution in [3.8, 4) is 0 Å². The molecule has 0 radical (unpaired) electrons. The van der Waals surface area contributed by atoms with E-state index in [-0.39, 0.29) is 17.5 Å². The summed E-state index contributed by atoms with van der Waals surface area (Å²) in [5.41, 5.74) is 0.859. The number of Topliss-reactive ketones (excluding diaryl/α,β-unsaturated/α-hetero) is 1. The average Bonchev–Trinajstić information content (AvgIpc) is 2.30. The molecule has 0 aliphatic heterocycles. The zero-order valence-electron chi connectivity index (χ0n) is 9.16. The molecule has 1 saturated carbocycles. The van der Waals surface area contributed by atoms with Crippen LogP contribution in [0.4, 0.5) is 4.39 Å². The van der Waals surface area contributed by atoms with Crippen molar-refractivity contribution in [1.82, 2.24) is 0 Å². The van der Waals surface area contributed by atoms with Crippen LogP contribution < -0.4 is 0 Å². The first-order valence-corrected chi connectivity index (χ1v) is 5.69. The van der Waals surface area contributed by atoms with Crippen LogP contribution in [0.25, 0.3) is 6.08 Å². The fourth-order valence-corrected chi connectivity index (χ4v) is 2.09. The molecule has 0 heterocycles. The second-order valence-electron chi connectivity index (χ2n) is 4.27. The van der Waals surface area contributed by atoms with Gasteiger partial charge in [0.25, 0.3) is 0 Å². The molecule has 1 nitrogen and oxygen atoms in total. The summed E-state index contributed by atoms with van der Waals surface area (Å²) in [6.45, 7) is 0. The number of halogens is 1. The lowest BCUT2D eigenvalue weighted by Gasteiger charge is -2.18. The Morgan fingerprint density at radius 1 is 1.31 bits per heavy atom. The number of carbonyl (C=O) groups excluding carboxylic acids is 1. The number of hydrogen-bond donors (Lipinski definition) is 0. The SMILES string of the molecule is O=C1CCC[C@H](/C(F)=C\c2ccccc2)C1. The molecule has 0 N–H and O–H groups in total. The summed E-state index contributed by atoms with van der Waals surface area (Å²) in [4.78, 5) is 11.2. The molecular formula is C14H15FO. The third-order valence-electron chi connectivity index (χ3n) is 2.98. The van der Waals surface area contributed by atoms with E-state index in [1.807, 2.05) is 30.3 Å². The Morgan fingerprint density at radius 3 is 2.75 bits per heavy atom. The first-order chi connectivity index (χ1) is 7.75. The topological polar surface area (TPSA) is 17.1 Å². The van der Waals surface area contributed by atoms with Crippen molar-refractivity contribution in [3.05, 3.63) is 41.7 Å². The van der Waals surface area contributed by atoms with E-state index in [4.69, 9.17) is 0 Å². The third kappa shape index (κ3) is 2.78. The quantitative estimate of drug-likeness (QED) is 0.738. The van der Waals surface area contributed by atoms with Gasteiger partial charge in [-0.05, 0) is 24.5 Å². The van der Waals surface area contributed by atoms with Crippen molar-refractivity contribution in [2.45, 2.75) is 25.7 Å². The van der Waals surface area contributed by atoms with E-state index in [9.17, 15) is 9.18 Å². The molecule has 1 fully saturated rings. The first kappa shape index (κ1) is 11.1. The smallest absolute Gasteiger partial charge is 0.133 e. The summed E-state index contributed by atoms with van der Waals surface area (Å²) >= 11 is 0. The summed E-state index contributed by atoms with van der Waals surface area (Å²) in [5, 5.41) is 0. The van der Waals surface area contributed by atoms with Crippen molar-refractivity contribution in [2.75, 3.05) is 0 Å². The van der Waals surface area contributed by atoms with Gasteiger partial charge in [-0.2, -0.15) is 0 Å². The number of rotatable bonds is 2. The fraction of sp³-hybridized carbons (Fsp3) is 0.357. The Kier molecular flexibility index (Phi) is 3.50. The van der Waals surface area contributed by atoms with E-state index in [0.717, 1.165) is 18.4 Å². The lowest BCUT2D eigenvalue weighted by molar-refractivity contribution is -0.121. The highest BCUT2D eigenvalue weighted by molar-refractivity contribution is 5.79. The molecule has 0 spiro atoms. The highest BCUT2D eigenvalue weighted by atomic mass is 19.1. The molecule has 1 atom stereocenters. The van der Waals surface area contributed by atoms with Gasteiger partial charge in [0.1, 0.15) is 11.6 Å². The molecule has 0 unspecified atom stereocenters. The van der Waals surface area contributed by atoms with Gasteiger partial charge in [-0.3, -0.25) is 4.79 Å². The van der Waals surface area contributed by atoms with Crippen molar-refractivity contribution in [1.29, 1.82) is 0 Å². The van der Waals surface area contributed by atoms with Crippen molar-refractivity contribution < 1.29 is 9.18 Å². The van der Waals surface area contributed by atoms with E-state index in [2.05, 4.69) is 0 Å². The molecule has 1 aromatic carbocycles. The Hall–Kier alpha value is -1.44. The molecule has 0 amide bonds. The van der Waals surface area contributed by atoms with E-state index in [1.54, 1.807) is 6.08 Å². The highest BCUT2D eigenvalue weighted by Crippen LogP contribution is 2.29. The van der Waals surface area contributed by atoms with Crippen LogP contribution >= 0.6 is 0 Å². The number of ketones is 1. The first-order valence-electron chi connectivity index (χ1n) is 5.69. The molecule has 2 rings (SSSR count). The van der Waals surface area contributed by atoms with Crippen LogP contribution in [0.2, 0.25) is 0 Å². The van der Waals surface area contributed by atoms with Crippen molar-refractivity contribution in [2.24, 2.45) is 5.92 Å². The van der Waals surface area contributed by atoms with Gasteiger partial charge in [0.2, 0.25) is 0 Å². The molecule has 84 valence electrons. The summed E-state index contributed by atoms with van der Waals surface area (Å²) in [5.74, 6) is -0.159. The van der Waals surface area contributed by atoms with E-state index >= 15 is 0 Å². The number of benzene rings is 1. The lowest BCUT2D eigenvalue weighted by Crippen LogP contribution is -2.15. The summed E-state index contributed by atoms with van der Waals surface area (Å²) in [7, 11) is 0. The largest absolute Gasteiger partial charge is 0.300 e. The molecule has 1 aromatic rings. The summed E-state index contributed by atoms with van der Waals surface area (Å²) in [6.07, 6.45) is 4.15. The molecular weight excluding hydrogens is 203 g/mol. The third-order valence-corrected chi connectivity index (χ3v) is 2.98. The zero-order chi connectivity index (χ0) is 11.4. The average molecular weight is 218 g/mol. The minimum Gasteiger partial charge on any atom is -0.300 e. The number of carbonyl (C=O) groups is 1. The monoisotopic (exact) mass is 218 g/mol. The predicted octanol–water partition coefficient (Wildman–Crippen LogP) is 3.76. The molecule has 16 heavy (non-hydrogen) atoms. The summed E-state index contributed by atoms with van der Waals surface area (Å²) in [6, 6.07) is 9.39. The van der Waals surface area contributed by atoms with Gasteiger partial charge in [-0.15, -0.1) is 0 Å². The maximum atomic E-state index is 13.9. The van der Waals surface area contributed by atoms with Gasteiger partial charge < -0.3 is 0 Å². The van der Waals surface area contributed by atoms with Gasteiger partial charge in [0, 0.05) is 18.8 Å². The maximum absolute atomic E-state index is 13.9. The Labute approximate surface area is 95.0 Å². The number of allylic oxidation sites excluding steroid dienone is 1. The molecule has 0 bridgehead atoms. The molecule has 0 saturated heterocycles. The van der Waals surface area contributed by atoms with Crippen molar-refractivity contribution in [3.63, 3.8) is 0 Å². The second-order valence-corrected chi connectivity index (χ2v) is 4.27. The van der Waals surface area contributed by atoms with Gasteiger partial charge in [0.15, 0.2) is 0 Å². The molecule has 1 aliphatic rings. The van der Waals surface area contributed by atoms with Crippen LogP contribution in [0.15, 0.2) is 36.2 Å². The normalized spacial score (nSPS) is 22.2. The van der Waals surface area contributed by atoms with Gasteiger partial charge in [-0.1, -0.05) is 30.3 Å². The minimum absolute atomic E-state index is 0.153. The fourth-order valence-electron chi connectivity index (χ4n) is 2.09. The van der Waals surface area contributed by atoms with Crippen LogP contribution in [-0.4, -0.2) is 5.78 Å². The predicted molar refractivity (Wildman–Crippen MR) is 62.5 cm³/mol. The van der Waals surface area contributed by atoms with Crippen LogP contribution in [0.5, 0.6) is 0 Å². The minimum atomic E-state index is -0.193. The molecule has 1 aliphatic carbocycles. The Balaban J connectivity index is 2.09. The van der Waals surface area contributed by atoms with E-state index in [1.165, 1.54) is 0 Å². The highest BCUT2D eigenvalue weighted by Gasteiger charge is 2.22. The Bertz CT molecular complexity index is 394. The van der Waals surface area contributed by atoms with Crippen LogP contribution in [0, 0.1) is 5.92 Å². The standard InChI is InChI=1S/C14H15FO/c15-14(9-11-5-2-1-3-6-11)12-7-4-8-13(16)10-12/h1-3,5-6,9,12H,4,7-8,10H2/b14-9+/t12-/m0/s1. The maximum Gasteiger partial charge on any atom is 0.133 e. The summed E-state index contributed by atoms with van der Waals surface area (Å²) < 4.78 is 13.9.